The lowest BCUT2D eigenvalue weighted by molar-refractivity contribution is -0.164. The van der Waals surface area contributed by atoms with Crippen molar-refractivity contribution in [2.24, 2.45) is 32.5 Å². The normalized spacial score (nSPS) is 21.3. The quantitative estimate of drug-likeness (QED) is 0.0695. The first kappa shape index (κ1) is 57.9. The monoisotopic (exact) mass is 971 g/mol. The second kappa shape index (κ2) is 30.2. The van der Waals surface area contributed by atoms with E-state index < -0.39 is 0 Å². The predicted molar refractivity (Wildman–Crippen MR) is 270 cm³/mol. The summed E-state index contributed by atoms with van der Waals surface area (Å²) >= 11 is 0. The van der Waals surface area contributed by atoms with E-state index >= 15 is 0 Å². The SMILES string of the molecule is CCC1(COCCOCC2(CC)COC2)COC1.CCC1(COCc2ccc(COCC3(CC)COC3)cc2)COC1.CCC1(COCc2ccccc2)COC1.CCCCOCC1(CC)COC1. The van der Waals surface area contributed by atoms with Gasteiger partial charge in [-0.25, -0.2) is 0 Å². The third kappa shape index (κ3) is 18.4. The van der Waals surface area contributed by atoms with E-state index in [9.17, 15) is 0 Å². The summed E-state index contributed by atoms with van der Waals surface area (Å²) in [6, 6.07) is 18.8. The van der Waals surface area contributed by atoms with Gasteiger partial charge in [0.05, 0.1) is 152 Å². The highest BCUT2D eigenvalue weighted by molar-refractivity contribution is 5.21. The van der Waals surface area contributed by atoms with E-state index in [4.69, 9.17) is 56.8 Å². The molecule has 6 fully saturated rings. The largest absolute Gasteiger partial charge is 0.381 e. The van der Waals surface area contributed by atoms with Crippen LogP contribution in [0, 0.1) is 32.5 Å². The van der Waals surface area contributed by atoms with Crippen LogP contribution < -0.4 is 0 Å². The molecule has 0 bridgehead atoms. The van der Waals surface area contributed by atoms with Gasteiger partial charge in [0, 0.05) is 39.1 Å². The fourth-order valence-corrected chi connectivity index (χ4v) is 8.37. The lowest BCUT2D eigenvalue weighted by Crippen LogP contribution is -2.46. The summed E-state index contributed by atoms with van der Waals surface area (Å²) in [5, 5.41) is 0. The van der Waals surface area contributed by atoms with Crippen LogP contribution in [0.2, 0.25) is 0 Å². The zero-order chi connectivity index (χ0) is 49.2. The van der Waals surface area contributed by atoms with E-state index in [1.54, 1.807) is 0 Å². The van der Waals surface area contributed by atoms with E-state index in [1.165, 1.54) is 36.0 Å². The van der Waals surface area contributed by atoms with Crippen molar-refractivity contribution in [3.63, 3.8) is 0 Å². The van der Waals surface area contributed by atoms with Crippen molar-refractivity contribution in [1.82, 2.24) is 0 Å². The number of rotatable bonds is 30. The zero-order valence-electron chi connectivity index (χ0n) is 44.2. The van der Waals surface area contributed by atoms with Gasteiger partial charge in [-0.15, -0.1) is 0 Å². The first-order chi connectivity index (χ1) is 33.6. The third-order valence-corrected chi connectivity index (χ3v) is 15.5. The summed E-state index contributed by atoms with van der Waals surface area (Å²) < 4.78 is 66.2. The van der Waals surface area contributed by atoms with Gasteiger partial charge in [0.1, 0.15) is 0 Å². The Kier molecular flexibility index (Phi) is 25.3. The number of hydrogen-bond acceptors (Lipinski definition) is 12. The maximum Gasteiger partial charge on any atom is 0.0717 e. The molecule has 0 N–H and O–H groups in total. The Morgan fingerprint density at radius 2 is 0.565 bits per heavy atom. The summed E-state index contributed by atoms with van der Waals surface area (Å²) in [5.41, 5.74) is 5.42. The van der Waals surface area contributed by atoms with E-state index in [0.29, 0.717) is 43.9 Å². The van der Waals surface area contributed by atoms with Crippen molar-refractivity contribution in [2.45, 2.75) is 120 Å². The first-order valence-electron chi connectivity index (χ1n) is 26.7. The summed E-state index contributed by atoms with van der Waals surface area (Å²) in [5.74, 6) is 0. The molecule has 0 radical (unpaired) electrons. The third-order valence-electron chi connectivity index (χ3n) is 15.5. The number of ether oxygens (including phenoxy) is 12. The minimum absolute atomic E-state index is 0.258. The van der Waals surface area contributed by atoms with Crippen molar-refractivity contribution in [2.75, 3.05) is 139 Å². The second-order valence-electron chi connectivity index (χ2n) is 21.4. The number of benzene rings is 2. The van der Waals surface area contributed by atoms with Crippen molar-refractivity contribution in [3.05, 3.63) is 71.3 Å². The Hall–Kier alpha value is -2.04. The van der Waals surface area contributed by atoms with Gasteiger partial charge in [0.2, 0.25) is 0 Å². The minimum Gasteiger partial charge on any atom is -0.381 e. The molecule has 0 spiro atoms. The fourth-order valence-electron chi connectivity index (χ4n) is 8.37. The summed E-state index contributed by atoms with van der Waals surface area (Å²) in [7, 11) is 0. The van der Waals surface area contributed by atoms with Crippen LogP contribution >= 0.6 is 0 Å². The van der Waals surface area contributed by atoms with Gasteiger partial charge >= 0.3 is 0 Å². The molecular formula is C57H94O12. The molecule has 2 aromatic carbocycles. The lowest BCUT2D eigenvalue weighted by Gasteiger charge is -2.41. The van der Waals surface area contributed by atoms with Crippen LogP contribution in [0.25, 0.3) is 0 Å². The molecule has 2 aromatic rings. The molecule has 0 aromatic heterocycles. The molecular weight excluding hydrogens is 877 g/mol. The molecule has 6 heterocycles. The lowest BCUT2D eigenvalue weighted by atomic mass is 9.84. The van der Waals surface area contributed by atoms with Crippen molar-refractivity contribution in [1.29, 1.82) is 0 Å². The highest BCUT2D eigenvalue weighted by Gasteiger charge is 2.40. The Labute approximate surface area is 417 Å². The van der Waals surface area contributed by atoms with Gasteiger partial charge in [0.15, 0.2) is 0 Å². The highest BCUT2D eigenvalue weighted by atomic mass is 16.6. The maximum atomic E-state index is 5.90. The number of hydrogen-bond donors (Lipinski definition) is 0. The highest BCUT2D eigenvalue weighted by Crippen LogP contribution is 2.35. The van der Waals surface area contributed by atoms with Crippen molar-refractivity contribution < 1.29 is 56.8 Å². The van der Waals surface area contributed by atoms with Gasteiger partial charge < -0.3 is 56.8 Å². The van der Waals surface area contributed by atoms with Crippen LogP contribution in [0.4, 0.5) is 0 Å². The number of unbranched alkanes of at least 4 members (excludes halogenated alkanes) is 1. The van der Waals surface area contributed by atoms with Gasteiger partial charge in [-0.3, -0.25) is 0 Å². The summed E-state index contributed by atoms with van der Waals surface area (Å²) in [4.78, 5) is 0. The van der Waals surface area contributed by atoms with Gasteiger partial charge in [-0.2, -0.15) is 0 Å². The Morgan fingerprint density at radius 3 is 0.797 bits per heavy atom. The molecule has 69 heavy (non-hydrogen) atoms. The standard InChI is InChI=1S/C20H30O4.C14H26O4.C13H18O2.C10H20O2/c1-3-19(13-23-14-19)11-21-9-17-5-7-18(8-6-17)10-22-12-20(4-2)15-24-16-20;1-3-13(9-17-10-13)7-15-5-6-16-8-14(4-2)11-18-12-14;1-2-13(10-15-11-13)9-14-8-12-6-4-3-5-7-12;1-3-5-6-11-7-10(4-2)8-12-9-10/h5-8H,3-4,9-16H2,1-2H3;3-12H2,1-2H3;3-7H,2,8-11H2,1H3;3-9H2,1-2H3. The Morgan fingerprint density at radius 1 is 0.319 bits per heavy atom. The van der Waals surface area contributed by atoms with Gasteiger partial charge in [0.25, 0.3) is 0 Å². The van der Waals surface area contributed by atoms with Crippen LogP contribution in [-0.2, 0) is 76.7 Å². The van der Waals surface area contributed by atoms with E-state index in [1.807, 2.05) is 18.2 Å². The van der Waals surface area contributed by atoms with Gasteiger partial charge in [-0.05, 0) is 61.6 Å². The molecule has 0 atom stereocenters. The van der Waals surface area contributed by atoms with Crippen LogP contribution in [0.3, 0.4) is 0 Å². The Bertz CT molecular complexity index is 1510. The molecule has 8 rings (SSSR count). The summed E-state index contributed by atoms with van der Waals surface area (Å²) in [6.07, 6.45) is 9.21. The van der Waals surface area contributed by atoms with Crippen LogP contribution in [0.1, 0.15) is 117 Å². The average Bonchev–Trinajstić information content (AvgIpc) is 3.30. The minimum atomic E-state index is 0.258. The van der Waals surface area contributed by atoms with Crippen LogP contribution in [0.15, 0.2) is 54.6 Å². The first-order valence-corrected chi connectivity index (χ1v) is 26.7. The molecule has 0 aliphatic carbocycles. The molecule has 0 saturated carbocycles. The molecule has 0 unspecified atom stereocenters. The van der Waals surface area contributed by atoms with E-state index in [0.717, 1.165) is 158 Å². The van der Waals surface area contributed by atoms with Crippen molar-refractivity contribution >= 4 is 0 Å². The Balaban J connectivity index is 0.000000177. The molecule has 6 aliphatic heterocycles. The predicted octanol–water partition coefficient (Wildman–Crippen LogP) is 10.3. The second-order valence-corrected chi connectivity index (χ2v) is 21.4. The molecule has 6 aliphatic rings. The topological polar surface area (TPSA) is 111 Å². The van der Waals surface area contributed by atoms with Crippen molar-refractivity contribution in [3.8, 4) is 0 Å². The molecule has 12 heteroatoms. The average molecular weight is 971 g/mol. The smallest absolute Gasteiger partial charge is 0.0717 e. The maximum absolute atomic E-state index is 5.90. The zero-order valence-corrected chi connectivity index (χ0v) is 44.2. The van der Waals surface area contributed by atoms with E-state index in [-0.39, 0.29) is 21.7 Å². The van der Waals surface area contributed by atoms with Crippen LogP contribution in [-0.4, -0.2) is 139 Å². The van der Waals surface area contributed by atoms with Crippen LogP contribution in [0.5, 0.6) is 0 Å². The van der Waals surface area contributed by atoms with Gasteiger partial charge in [-0.1, -0.05) is 109 Å². The fraction of sp³-hybridized carbons (Fsp3) is 0.789. The molecule has 0 amide bonds. The van der Waals surface area contributed by atoms with E-state index in [2.05, 4.69) is 84.9 Å². The molecule has 12 nitrogen and oxygen atoms in total. The molecule has 6 saturated heterocycles. The summed E-state index contributed by atoms with van der Waals surface area (Å²) in [6.45, 7) is 34.9. The molecule has 394 valence electrons.